The molecular formula is C16H22N4. The number of para-hydroxylation sites is 1. The van der Waals surface area contributed by atoms with Gasteiger partial charge in [0.1, 0.15) is 0 Å². The summed E-state index contributed by atoms with van der Waals surface area (Å²) in [6, 6.07) is 10.9. The van der Waals surface area contributed by atoms with Crippen molar-refractivity contribution in [3.05, 3.63) is 48.3 Å². The van der Waals surface area contributed by atoms with Gasteiger partial charge in [0.05, 0.1) is 11.9 Å². The van der Waals surface area contributed by atoms with Gasteiger partial charge in [0.25, 0.3) is 0 Å². The molecule has 1 aromatic carbocycles. The van der Waals surface area contributed by atoms with Gasteiger partial charge < -0.3 is 5.32 Å². The van der Waals surface area contributed by atoms with Crippen molar-refractivity contribution in [2.45, 2.75) is 25.4 Å². The van der Waals surface area contributed by atoms with Gasteiger partial charge in [-0.1, -0.05) is 18.2 Å². The summed E-state index contributed by atoms with van der Waals surface area (Å²) in [7, 11) is 2.03. The molecule has 1 aliphatic rings. The smallest absolute Gasteiger partial charge is 0.0645 e. The highest BCUT2D eigenvalue weighted by atomic mass is 15.3. The zero-order chi connectivity index (χ0) is 13.8. The van der Waals surface area contributed by atoms with Gasteiger partial charge in [-0.2, -0.15) is 5.10 Å². The Kier molecular flexibility index (Phi) is 4.14. The highest BCUT2D eigenvalue weighted by Crippen LogP contribution is 2.19. The second-order valence-corrected chi connectivity index (χ2v) is 5.45. The third-order valence-electron chi connectivity index (χ3n) is 3.98. The van der Waals surface area contributed by atoms with Gasteiger partial charge in [-0.05, 0) is 38.6 Å². The van der Waals surface area contributed by atoms with Crippen LogP contribution < -0.4 is 5.32 Å². The molecule has 1 saturated heterocycles. The molecule has 106 valence electrons. The van der Waals surface area contributed by atoms with E-state index in [1.807, 2.05) is 36.1 Å². The van der Waals surface area contributed by atoms with Crippen LogP contribution in [-0.4, -0.2) is 40.9 Å². The van der Waals surface area contributed by atoms with Crippen LogP contribution in [0.3, 0.4) is 0 Å². The average Bonchev–Trinajstić information content (AvgIpc) is 3.11. The van der Waals surface area contributed by atoms with Gasteiger partial charge in [0, 0.05) is 30.9 Å². The molecule has 20 heavy (non-hydrogen) atoms. The fourth-order valence-electron chi connectivity index (χ4n) is 2.97. The second-order valence-electron chi connectivity index (χ2n) is 5.45. The van der Waals surface area contributed by atoms with Crippen LogP contribution in [-0.2, 0) is 6.54 Å². The van der Waals surface area contributed by atoms with Crippen molar-refractivity contribution in [2.75, 3.05) is 20.1 Å². The van der Waals surface area contributed by atoms with Crippen molar-refractivity contribution in [3.63, 3.8) is 0 Å². The van der Waals surface area contributed by atoms with Crippen molar-refractivity contribution < 1.29 is 0 Å². The van der Waals surface area contributed by atoms with Crippen LogP contribution in [0.2, 0.25) is 0 Å². The number of hydrogen-bond donors (Lipinski definition) is 1. The Morgan fingerprint density at radius 1 is 1.30 bits per heavy atom. The molecule has 1 N–H and O–H groups in total. The lowest BCUT2D eigenvalue weighted by molar-refractivity contribution is 0.242. The number of likely N-dealkylation sites (tertiary alicyclic amines) is 1. The quantitative estimate of drug-likeness (QED) is 0.903. The Balaban J connectivity index is 1.68. The Bertz CT molecular complexity index is 534. The van der Waals surface area contributed by atoms with Crippen molar-refractivity contribution in [1.29, 1.82) is 0 Å². The third kappa shape index (κ3) is 2.92. The van der Waals surface area contributed by atoms with Crippen molar-refractivity contribution in [3.8, 4) is 5.69 Å². The third-order valence-corrected chi connectivity index (χ3v) is 3.98. The molecular weight excluding hydrogens is 248 g/mol. The topological polar surface area (TPSA) is 33.1 Å². The van der Waals surface area contributed by atoms with E-state index in [1.54, 1.807) is 0 Å². The molecule has 1 fully saturated rings. The molecule has 0 amide bonds. The summed E-state index contributed by atoms with van der Waals surface area (Å²) in [6.45, 7) is 3.27. The van der Waals surface area contributed by atoms with Gasteiger partial charge in [0.2, 0.25) is 0 Å². The number of aromatic nitrogens is 2. The minimum absolute atomic E-state index is 0.667. The van der Waals surface area contributed by atoms with E-state index in [9.17, 15) is 0 Å². The van der Waals surface area contributed by atoms with Gasteiger partial charge >= 0.3 is 0 Å². The first-order chi connectivity index (χ1) is 9.86. The first-order valence-electron chi connectivity index (χ1n) is 7.34. The van der Waals surface area contributed by atoms with E-state index in [0.29, 0.717) is 6.04 Å². The molecule has 0 aliphatic carbocycles. The summed E-state index contributed by atoms with van der Waals surface area (Å²) in [6.07, 6.45) is 6.73. The van der Waals surface area contributed by atoms with E-state index >= 15 is 0 Å². The molecule has 4 nitrogen and oxygen atoms in total. The van der Waals surface area contributed by atoms with Crippen LogP contribution >= 0.6 is 0 Å². The summed E-state index contributed by atoms with van der Waals surface area (Å²) in [5.41, 5.74) is 2.41. The second kappa shape index (κ2) is 6.20. The van der Waals surface area contributed by atoms with Crippen molar-refractivity contribution >= 4 is 0 Å². The predicted molar refractivity (Wildman–Crippen MR) is 80.9 cm³/mol. The fourth-order valence-corrected chi connectivity index (χ4v) is 2.97. The zero-order valence-corrected chi connectivity index (χ0v) is 12.0. The first-order valence-corrected chi connectivity index (χ1v) is 7.34. The highest BCUT2D eigenvalue weighted by molar-refractivity contribution is 5.30. The van der Waals surface area contributed by atoms with Crippen LogP contribution in [0.1, 0.15) is 18.4 Å². The zero-order valence-electron chi connectivity index (χ0n) is 12.0. The number of hydrogen-bond acceptors (Lipinski definition) is 3. The van der Waals surface area contributed by atoms with Crippen LogP contribution in [0.5, 0.6) is 0 Å². The molecule has 0 spiro atoms. The maximum Gasteiger partial charge on any atom is 0.0645 e. The molecule has 0 saturated carbocycles. The Hall–Kier alpha value is -1.65. The minimum Gasteiger partial charge on any atom is -0.318 e. The van der Waals surface area contributed by atoms with Crippen LogP contribution in [0.15, 0.2) is 42.7 Å². The Morgan fingerprint density at radius 3 is 2.95 bits per heavy atom. The van der Waals surface area contributed by atoms with E-state index in [1.165, 1.54) is 24.9 Å². The number of rotatable bonds is 5. The monoisotopic (exact) mass is 270 g/mol. The van der Waals surface area contributed by atoms with Gasteiger partial charge in [-0.3, -0.25) is 4.90 Å². The van der Waals surface area contributed by atoms with E-state index in [0.717, 1.165) is 18.8 Å². The van der Waals surface area contributed by atoms with Gasteiger partial charge in [0.15, 0.2) is 0 Å². The largest absolute Gasteiger partial charge is 0.318 e. The number of likely N-dealkylation sites (N-methyl/N-ethyl adjacent to an activating group) is 1. The molecule has 1 unspecified atom stereocenters. The number of benzene rings is 1. The highest BCUT2D eigenvalue weighted by Gasteiger charge is 2.23. The van der Waals surface area contributed by atoms with E-state index < -0.39 is 0 Å². The van der Waals surface area contributed by atoms with Crippen LogP contribution in [0, 0.1) is 0 Å². The molecule has 1 atom stereocenters. The lowest BCUT2D eigenvalue weighted by Crippen LogP contribution is -2.36. The van der Waals surface area contributed by atoms with Gasteiger partial charge in [-0.15, -0.1) is 0 Å². The summed E-state index contributed by atoms with van der Waals surface area (Å²) in [5.74, 6) is 0. The summed E-state index contributed by atoms with van der Waals surface area (Å²) >= 11 is 0. The van der Waals surface area contributed by atoms with Crippen LogP contribution in [0.25, 0.3) is 5.69 Å². The normalized spacial score (nSPS) is 19.6. The van der Waals surface area contributed by atoms with Crippen LogP contribution in [0.4, 0.5) is 0 Å². The maximum atomic E-state index is 4.47. The average molecular weight is 270 g/mol. The molecule has 4 heteroatoms. The Morgan fingerprint density at radius 2 is 2.15 bits per heavy atom. The molecule has 2 heterocycles. The summed E-state index contributed by atoms with van der Waals surface area (Å²) in [4.78, 5) is 2.56. The minimum atomic E-state index is 0.667. The number of nitrogens with one attached hydrogen (secondary N) is 1. The fraction of sp³-hybridized carbons (Fsp3) is 0.438. The molecule has 3 rings (SSSR count). The first kappa shape index (κ1) is 13.3. The van der Waals surface area contributed by atoms with Crippen molar-refractivity contribution in [2.24, 2.45) is 0 Å². The molecule has 2 aromatic rings. The Labute approximate surface area is 120 Å². The standard InChI is InChI=1S/C16H22N4/c1-17-11-16-8-5-9-19(16)12-14-10-18-20(13-14)15-6-3-2-4-7-15/h2-4,6-7,10,13,16-17H,5,8-9,11-12H2,1H3. The van der Waals surface area contributed by atoms with Gasteiger partial charge in [-0.25, -0.2) is 4.68 Å². The number of nitrogens with zero attached hydrogens (tertiary/aromatic N) is 3. The molecule has 1 aromatic heterocycles. The van der Waals surface area contributed by atoms with E-state index in [2.05, 4.69) is 33.6 Å². The predicted octanol–water partition coefficient (Wildman–Crippen LogP) is 2.06. The molecule has 1 aliphatic heterocycles. The maximum absolute atomic E-state index is 4.47. The SMILES string of the molecule is CNCC1CCCN1Cc1cnn(-c2ccccc2)c1. The lowest BCUT2D eigenvalue weighted by atomic mass is 10.2. The molecule has 0 bridgehead atoms. The van der Waals surface area contributed by atoms with E-state index in [-0.39, 0.29) is 0 Å². The summed E-state index contributed by atoms with van der Waals surface area (Å²) in [5, 5.41) is 7.77. The van der Waals surface area contributed by atoms with E-state index in [4.69, 9.17) is 0 Å². The summed E-state index contributed by atoms with van der Waals surface area (Å²) < 4.78 is 1.96. The lowest BCUT2D eigenvalue weighted by Gasteiger charge is -2.23. The molecule has 0 radical (unpaired) electrons. The van der Waals surface area contributed by atoms with Crippen molar-refractivity contribution in [1.82, 2.24) is 20.0 Å².